The number of hydrogen-bond donors (Lipinski definition) is 1. The van der Waals surface area contributed by atoms with Crippen LogP contribution in [0.5, 0.6) is 0 Å². The van der Waals surface area contributed by atoms with Crippen LogP contribution in [0.25, 0.3) is 5.65 Å². The third-order valence-corrected chi connectivity index (χ3v) is 4.79. The van der Waals surface area contributed by atoms with E-state index in [9.17, 15) is 13.6 Å². The lowest BCUT2D eigenvalue weighted by Crippen LogP contribution is -2.47. The molecule has 3 heterocycles. The van der Waals surface area contributed by atoms with Crippen molar-refractivity contribution in [3.05, 3.63) is 54.1 Å². The Morgan fingerprint density at radius 1 is 1.31 bits per heavy atom. The van der Waals surface area contributed by atoms with Crippen LogP contribution in [0.1, 0.15) is 17.9 Å². The van der Waals surface area contributed by atoms with E-state index in [-0.39, 0.29) is 36.9 Å². The molecular weight excluding hydrogens is 342 g/mol. The molecule has 134 valence electrons. The number of nitrogens with two attached hydrogens (primary N) is 1. The topological polar surface area (TPSA) is 89.4 Å². The van der Waals surface area contributed by atoms with E-state index in [1.165, 1.54) is 11.2 Å². The summed E-state index contributed by atoms with van der Waals surface area (Å²) in [5.41, 5.74) is 6.52. The van der Waals surface area contributed by atoms with Gasteiger partial charge in [0.25, 0.3) is 0 Å². The summed E-state index contributed by atoms with van der Waals surface area (Å²) in [6, 6.07) is 3.28. The molecular formula is C17H16F2N6O. The summed E-state index contributed by atoms with van der Waals surface area (Å²) in [5.74, 6) is -1.67. The number of aromatic nitrogens is 4. The normalized spacial score (nSPS) is 20.7. The van der Waals surface area contributed by atoms with Crippen LogP contribution in [0.4, 0.5) is 14.6 Å². The number of rotatable bonds is 3. The lowest BCUT2D eigenvalue weighted by Gasteiger charge is -2.37. The second kappa shape index (κ2) is 6.41. The highest BCUT2D eigenvalue weighted by atomic mass is 19.1. The maximum absolute atomic E-state index is 14.2. The van der Waals surface area contributed by atoms with Crippen molar-refractivity contribution in [3.63, 3.8) is 0 Å². The summed E-state index contributed by atoms with van der Waals surface area (Å²) >= 11 is 0. The monoisotopic (exact) mass is 358 g/mol. The predicted molar refractivity (Wildman–Crippen MR) is 89.4 cm³/mol. The molecule has 2 N–H and O–H groups in total. The van der Waals surface area contributed by atoms with Crippen molar-refractivity contribution in [2.75, 3.05) is 18.0 Å². The molecule has 4 rings (SSSR count). The Bertz CT molecular complexity index is 975. The van der Waals surface area contributed by atoms with E-state index >= 15 is 0 Å². The van der Waals surface area contributed by atoms with Gasteiger partial charge in [-0.05, 0) is 36.2 Å². The number of hydrogen-bond acceptors (Lipinski definition) is 5. The third-order valence-electron chi connectivity index (χ3n) is 4.79. The highest BCUT2D eigenvalue weighted by molar-refractivity contribution is 5.96. The fourth-order valence-corrected chi connectivity index (χ4v) is 3.47. The number of nitrogens with zero attached hydrogens (tertiary/aromatic N) is 5. The predicted octanol–water partition coefficient (Wildman–Crippen LogP) is 1.50. The van der Waals surface area contributed by atoms with E-state index in [1.807, 2.05) is 0 Å². The molecule has 9 heteroatoms. The maximum atomic E-state index is 14.2. The number of halogens is 2. The number of piperidine rings is 1. The summed E-state index contributed by atoms with van der Waals surface area (Å²) in [6.45, 7) is 0.468. The Balaban J connectivity index is 1.70. The molecule has 3 aromatic rings. The number of amides is 1. The number of fused-ring (bicyclic) bond motifs is 1. The lowest BCUT2D eigenvalue weighted by atomic mass is 9.80. The first-order valence-electron chi connectivity index (χ1n) is 8.18. The van der Waals surface area contributed by atoms with Gasteiger partial charge in [0.05, 0.1) is 0 Å². The molecule has 26 heavy (non-hydrogen) atoms. The van der Waals surface area contributed by atoms with E-state index < -0.39 is 17.6 Å². The number of carbonyl (C=O) groups excluding carboxylic acids is 1. The van der Waals surface area contributed by atoms with Gasteiger partial charge in [-0.3, -0.25) is 14.1 Å². The largest absolute Gasteiger partial charge is 0.330 e. The number of benzene rings is 1. The van der Waals surface area contributed by atoms with Gasteiger partial charge in [0.15, 0.2) is 5.82 Å². The Kier molecular flexibility index (Phi) is 4.08. The zero-order valence-corrected chi connectivity index (χ0v) is 13.7. The second-order valence-corrected chi connectivity index (χ2v) is 6.29. The van der Waals surface area contributed by atoms with Crippen LogP contribution >= 0.6 is 0 Å². The van der Waals surface area contributed by atoms with E-state index in [1.54, 1.807) is 16.8 Å². The van der Waals surface area contributed by atoms with Crippen LogP contribution in [0.2, 0.25) is 0 Å². The average Bonchev–Trinajstić information content (AvgIpc) is 3.12. The third kappa shape index (κ3) is 2.70. The van der Waals surface area contributed by atoms with Gasteiger partial charge < -0.3 is 5.73 Å². The molecule has 0 aliphatic carbocycles. The smallest absolute Gasteiger partial charge is 0.228 e. The van der Waals surface area contributed by atoms with Crippen molar-refractivity contribution in [1.29, 1.82) is 0 Å². The molecule has 7 nitrogen and oxygen atoms in total. The maximum Gasteiger partial charge on any atom is 0.228 e. The minimum absolute atomic E-state index is 0.0130. The lowest BCUT2D eigenvalue weighted by molar-refractivity contribution is -0.120. The van der Waals surface area contributed by atoms with Crippen LogP contribution in [-0.2, 0) is 4.79 Å². The zero-order chi connectivity index (χ0) is 18.3. The first-order valence-corrected chi connectivity index (χ1v) is 8.18. The summed E-state index contributed by atoms with van der Waals surface area (Å²) in [7, 11) is 0. The summed E-state index contributed by atoms with van der Waals surface area (Å²) < 4.78 is 29.5. The highest BCUT2D eigenvalue weighted by Gasteiger charge is 2.37. The molecule has 2 atom stereocenters. The minimum Gasteiger partial charge on any atom is -0.330 e. The number of anilines is 1. The SMILES string of the molecule is NC[C@H]1CN(c2nccn3cnnc23)C(=O)C[C@@H]1c1cc(F)ccc1F. The van der Waals surface area contributed by atoms with Crippen LogP contribution in [0.3, 0.4) is 0 Å². The Labute approximate surface area is 147 Å². The van der Waals surface area contributed by atoms with E-state index in [0.29, 0.717) is 11.5 Å². The van der Waals surface area contributed by atoms with Gasteiger partial charge in [0, 0.05) is 31.3 Å². The van der Waals surface area contributed by atoms with Crippen LogP contribution in [0, 0.1) is 17.6 Å². The van der Waals surface area contributed by atoms with Gasteiger partial charge in [-0.2, -0.15) is 0 Å². The molecule has 0 spiro atoms. The number of carbonyl (C=O) groups is 1. The van der Waals surface area contributed by atoms with E-state index in [4.69, 9.17) is 5.73 Å². The van der Waals surface area contributed by atoms with Gasteiger partial charge in [0.2, 0.25) is 11.6 Å². The van der Waals surface area contributed by atoms with E-state index in [0.717, 1.165) is 18.2 Å². The fourth-order valence-electron chi connectivity index (χ4n) is 3.47. The molecule has 1 amide bonds. The Morgan fingerprint density at radius 2 is 2.15 bits per heavy atom. The van der Waals surface area contributed by atoms with Gasteiger partial charge in [0.1, 0.15) is 18.0 Å². The van der Waals surface area contributed by atoms with Crippen LogP contribution in [0.15, 0.2) is 36.9 Å². The second-order valence-electron chi connectivity index (χ2n) is 6.29. The van der Waals surface area contributed by atoms with Crippen LogP contribution < -0.4 is 10.6 Å². The molecule has 1 fully saturated rings. The van der Waals surface area contributed by atoms with Crippen molar-refractivity contribution in [1.82, 2.24) is 19.6 Å². The summed E-state index contributed by atoms with van der Waals surface area (Å²) in [6.07, 6.45) is 4.76. The molecule has 0 unspecified atom stereocenters. The van der Waals surface area contributed by atoms with Gasteiger partial charge in [-0.1, -0.05) is 0 Å². The minimum atomic E-state index is -0.540. The molecule has 1 aliphatic rings. The fraction of sp³-hybridized carbons (Fsp3) is 0.294. The van der Waals surface area contributed by atoms with Gasteiger partial charge >= 0.3 is 0 Å². The van der Waals surface area contributed by atoms with E-state index in [2.05, 4.69) is 15.2 Å². The molecule has 0 saturated carbocycles. The van der Waals surface area contributed by atoms with Crippen molar-refractivity contribution >= 4 is 17.4 Å². The Hall–Kier alpha value is -2.94. The standard InChI is InChI=1S/C17H16F2N6O/c18-11-1-2-14(19)13(5-11)12-6-15(26)25(8-10(12)7-20)16-17-23-22-9-24(17)4-3-21-16/h1-5,9-10,12H,6-8,20H2/t10-,12-/m0/s1. The molecule has 1 aromatic carbocycles. The summed E-state index contributed by atoms with van der Waals surface area (Å²) in [5, 5.41) is 7.82. The summed E-state index contributed by atoms with van der Waals surface area (Å²) in [4.78, 5) is 18.5. The van der Waals surface area contributed by atoms with Crippen molar-refractivity contribution in [2.24, 2.45) is 11.7 Å². The zero-order valence-electron chi connectivity index (χ0n) is 13.7. The van der Waals surface area contributed by atoms with Crippen LogP contribution in [-0.4, -0.2) is 38.6 Å². The molecule has 2 aromatic heterocycles. The first kappa shape index (κ1) is 16.5. The molecule has 1 aliphatic heterocycles. The Morgan fingerprint density at radius 3 is 2.96 bits per heavy atom. The average molecular weight is 358 g/mol. The van der Waals surface area contributed by atoms with Gasteiger partial charge in [-0.15, -0.1) is 10.2 Å². The molecule has 0 radical (unpaired) electrons. The molecule has 0 bridgehead atoms. The van der Waals surface area contributed by atoms with Crippen molar-refractivity contribution in [2.45, 2.75) is 12.3 Å². The molecule has 1 saturated heterocycles. The quantitative estimate of drug-likeness (QED) is 0.766. The van der Waals surface area contributed by atoms with Crippen molar-refractivity contribution < 1.29 is 13.6 Å². The van der Waals surface area contributed by atoms with Gasteiger partial charge in [-0.25, -0.2) is 13.8 Å². The highest BCUT2D eigenvalue weighted by Crippen LogP contribution is 2.36. The first-order chi connectivity index (χ1) is 12.6. The van der Waals surface area contributed by atoms with Crippen molar-refractivity contribution in [3.8, 4) is 0 Å².